The molecule has 7 heteroatoms. The maximum absolute atomic E-state index is 10.1. The van der Waals surface area contributed by atoms with Crippen LogP contribution in [-0.2, 0) is 0 Å². The van der Waals surface area contributed by atoms with Gasteiger partial charge in [-0.3, -0.25) is 0 Å². The van der Waals surface area contributed by atoms with Crippen molar-refractivity contribution < 1.29 is 5.11 Å². The van der Waals surface area contributed by atoms with Crippen LogP contribution in [0.25, 0.3) is 21.9 Å². The zero-order valence-corrected chi connectivity index (χ0v) is 11.7. The molecule has 1 N–H and O–H groups in total. The van der Waals surface area contributed by atoms with E-state index in [0.29, 0.717) is 16.6 Å². The maximum atomic E-state index is 10.1. The third-order valence-electron chi connectivity index (χ3n) is 2.73. The van der Waals surface area contributed by atoms with E-state index in [9.17, 15) is 5.11 Å². The van der Waals surface area contributed by atoms with E-state index in [1.165, 1.54) is 0 Å². The first-order chi connectivity index (χ1) is 8.63. The lowest BCUT2D eigenvalue weighted by Crippen LogP contribution is -1.85. The number of rotatable bonds is 0. The van der Waals surface area contributed by atoms with Gasteiger partial charge in [-0.1, -0.05) is 0 Å². The zero-order valence-electron chi connectivity index (χ0n) is 8.92. The summed E-state index contributed by atoms with van der Waals surface area (Å²) in [6, 6.07) is 3.72. The number of nitrogens with zero attached hydrogens (tertiary/aromatic N) is 4. The molecule has 0 bridgehead atoms. The van der Waals surface area contributed by atoms with Crippen molar-refractivity contribution in [2.45, 2.75) is 0 Å². The van der Waals surface area contributed by atoms with Crippen molar-refractivity contribution in [2.24, 2.45) is 0 Å². The largest absolute Gasteiger partial charge is 0.504 e. The first kappa shape index (κ1) is 11.4. The Kier molecular flexibility index (Phi) is 2.47. The zero-order chi connectivity index (χ0) is 12.9. The van der Waals surface area contributed by atoms with Gasteiger partial charge >= 0.3 is 0 Å². The Morgan fingerprint density at radius 3 is 2.89 bits per heavy atom. The number of halogens is 1. The van der Waals surface area contributed by atoms with Gasteiger partial charge < -0.3 is 9.44 Å². The minimum absolute atomic E-state index is 0.0139. The number of pyridine rings is 2. The molecule has 5 nitrogen and oxygen atoms in total. The van der Waals surface area contributed by atoms with Crippen LogP contribution in [-0.4, -0.2) is 19.4 Å². The summed E-state index contributed by atoms with van der Waals surface area (Å²) < 4.78 is 2.56. The van der Waals surface area contributed by atoms with Crippen LogP contribution in [0.1, 0.15) is 5.69 Å². The van der Waals surface area contributed by atoms with Crippen LogP contribution in [0, 0.1) is 11.3 Å². The summed E-state index contributed by atoms with van der Waals surface area (Å²) in [5, 5.41) is 20.4. The highest BCUT2D eigenvalue weighted by molar-refractivity contribution is 9.10. The Balaban J connectivity index is 2.63. The molecule has 3 rings (SSSR count). The Labute approximate surface area is 112 Å². The van der Waals surface area contributed by atoms with Crippen LogP contribution < -0.4 is 0 Å². The second kappa shape index (κ2) is 3.91. The average molecular weight is 321 g/mol. The van der Waals surface area contributed by atoms with Crippen LogP contribution in [0.4, 0.5) is 0 Å². The van der Waals surface area contributed by atoms with E-state index in [-0.39, 0.29) is 11.4 Å². The minimum Gasteiger partial charge on any atom is -0.504 e. The summed E-state index contributed by atoms with van der Waals surface area (Å²) in [6.45, 7) is 0. The lowest BCUT2D eigenvalue weighted by Gasteiger charge is -1.98. The predicted octanol–water partition coefficient (Wildman–Crippen LogP) is 2.56. The monoisotopic (exact) mass is 320 g/mol. The molecule has 3 heterocycles. The second-order valence-corrected chi connectivity index (χ2v) is 5.15. The first-order valence-electron chi connectivity index (χ1n) is 4.96. The normalized spacial score (nSPS) is 10.9. The van der Waals surface area contributed by atoms with Crippen LogP contribution in [0.15, 0.2) is 22.9 Å². The van der Waals surface area contributed by atoms with E-state index in [4.69, 9.17) is 5.26 Å². The molecule has 88 valence electrons. The molecule has 0 aromatic carbocycles. The summed E-state index contributed by atoms with van der Waals surface area (Å²) in [6.07, 6.45) is 3.23. The summed E-state index contributed by atoms with van der Waals surface area (Å²) in [7, 11) is 2.52. The van der Waals surface area contributed by atoms with Crippen molar-refractivity contribution in [3.63, 3.8) is 0 Å². The second-order valence-electron chi connectivity index (χ2n) is 3.72. The molecule has 3 aromatic rings. The van der Waals surface area contributed by atoms with Gasteiger partial charge in [0.2, 0.25) is 0 Å². The molecule has 0 aliphatic carbocycles. The number of fused-ring (bicyclic) bond motifs is 3. The van der Waals surface area contributed by atoms with E-state index >= 15 is 0 Å². The highest BCUT2D eigenvalue weighted by atomic mass is 79.9. The number of aromatic nitrogens is 3. The third kappa shape index (κ3) is 1.41. The highest BCUT2D eigenvalue weighted by Gasteiger charge is 2.16. The molecule has 1 atom stereocenters. The number of hydrogen-bond acceptors (Lipinski definition) is 4. The van der Waals surface area contributed by atoms with Crippen molar-refractivity contribution in [3.8, 4) is 11.8 Å². The lowest BCUT2D eigenvalue weighted by atomic mass is 10.2. The third-order valence-corrected chi connectivity index (χ3v) is 3.69. The Bertz CT molecular complexity index is 837. The lowest BCUT2D eigenvalue weighted by molar-refractivity contribution is 0.477. The summed E-state index contributed by atoms with van der Waals surface area (Å²) in [5.74, 6) is -0.110. The van der Waals surface area contributed by atoms with Crippen LogP contribution in [0.5, 0.6) is 5.75 Å². The summed E-state index contributed by atoms with van der Waals surface area (Å²) >= 11 is 3.35. The topological polar surface area (TPSA) is 74.7 Å². The van der Waals surface area contributed by atoms with Gasteiger partial charge in [-0.25, -0.2) is 9.97 Å². The fourth-order valence-electron chi connectivity index (χ4n) is 1.94. The molecular formula is C11H6BrN4OP. The van der Waals surface area contributed by atoms with Crippen molar-refractivity contribution in [2.75, 3.05) is 0 Å². The SMILES string of the molecule is N#Cc1ncc2c(c1O)c1cc(Br)cnc1n2P. The smallest absolute Gasteiger partial charge is 0.183 e. The molecular weight excluding hydrogens is 315 g/mol. The van der Waals surface area contributed by atoms with Crippen LogP contribution in [0.3, 0.4) is 0 Å². The Morgan fingerprint density at radius 1 is 1.39 bits per heavy atom. The molecule has 3 aromatic heterocycles. The van der Waals surface area contributed by atoms with Crippen molar-refractivity contribution in [1.82, 2.24) is 14.3 Å². The van der Waals surface area contributed by atoms with Gasteiger partial charge in [-0.05, 0) is 31.4 Å². The Morgan fingerprint density at radius 2 is 2.17 bits per heavy atom. The molecule has 0 amide bonds. The van der Waals surface area contributed by atoms with Crippen LogP contribution >= 0.6 is 25.3 Å². The molecule has 0 saturated heterocycles. The predicted molar refractivity (Wildman–Crippen MR) is 74.2 cm³/mol. The van der Waals surface area contributed by atoms with E-state index in [0.717, 1.165) is 9.86 Å². The van der Waals surface area contributed by atoms with Gasteiger partial charge in [0.05, 0.1) is 17.1 Å². The first-order valence-corrected chi connectivity index (χ1v) is 6.27. The van der Waals surface area contributed by atoms with Gasteiger partial charge in [0.1, 0.15) is 11.7 Å². The van der Waals surface area contributed by atoms with E-state index in [1.54, 1.807) is 16.7 Å². The highest BCUT2D eigenvalue weighted by Crippen LogP contribution is 2.37. The Hall–Kier alpha value is -1.70. The van der Waals surface area contributed by atoms with Gasteiger partial charge in [-0.2, -0.15) is 5.26 Å². The molecule has 18 heavy (non-hydrogen) atoms. The quantitative estimate of drug-likeness (QED) is 0.646. The summed E-state index contributed by atoms with van der Waals surface area (Å²) in [4.78, 5) is 8.21. The van der Waals surface area contributed by atoms with Crippen molar-refractivity contribution in [1.29, 1.82) is 5.26 Å². The van der Waals surface area contributed by atoms with Crippen molar-refractivity contribution in [3.05, 3.63) is 28.6 Å². The maximum Gasteiger partial charge on any atom is 0.183 e. The standard InChI is InChI=1S/C11H6BrN4OP/c12-5-1-6-9-8(16(18)11(6)15-3-5)4-14-7(2-13)10(9)17/h1,3-4,17H,18H2. The van der Waals surface area contributed by atoms with E-state index in [2.05, 4.69) is 35.3 Å². The summed E-state index contributed by atoms with van der Waals surface area (Å²) in [5.41, 5.74) is 1.42. The average Bonchev–Trinajstić information content (AvgIpc) is 2.64. The van der Waals surface area contributed by atoms with Gasteiger partial charge in [-0.15, -0.1) is 0 Å². The van der Waals surface area contributed by atoms with E-state index < -0.39 is 0 Å². The van der Waals surface area contributed by atoms with Crippen molar-refractivity contribution >= 4 is 47.3 Å². The fourth-order valence-corrected chi connectivity index (χ4v) is 2.68. The van der Waals surface area contributed by atoms with Crippen LogP contribution in [0.2, 0.25) is 0 Å². The minimum atomic E-state index is -0.110. The molecule has 0 saturated carbocycles. The number of aromatic hydroxyl groups is 1. The van der Waals surface area contributed by atoms with Gasteiger partial charge in [0.15, 0.2) is 11.4 Å². The fraction of sp³-hybridized carbons (Fsp3) is 0. The van der Waals surface area contributed by atoms with Gasteiger partial charge in [0, 0.05) is 16.1 Å². The molecule has 0 aliphatic rings. The molecule has 0 aliphatic heterocycles. The number of hydrogen-bond donors (Lipinski definition) is 1. The molecule has 0 spiro atoms. The number of nitriles is 1. The molecule has 0 radical (unpaired) electrons. The molecule has 1 unspecified atom stereocenters. The van der Waals surface area contributed by atoms with Gasteiger partial charge in [0.25, 0.3) is 0 Å². The van der Waals surface area contributed by atoms with E-state index in [1.807, 2.05) is 12.1 Å². The molecule has 0 fully saturated rings.